The van der Waals surface area contributed by atoms with Gasteiger partial charge in [-0.25, -0.2) is 8.42 Å². The average Bonchev–Trinajstić information content (AvgIpc) is 2.74. The molecule has 0 spiro atoms. The topological polar surface area (TPSA) is 132 Å². The number of benzene rings is 2. The van der Waals surface area contributed by atoms with Crippen LogP contribution >= 0.6 is 0 Å². The van der Waals surface area contributed by atoms with Crippen molar-refractivity contribution >= 4 is 26.8 Å². The summed E-state index contributed by atoms with van der Waals surface area (Å²) in [5, 5.41) is 21.3. The Morgan fingerprint density at radius 1 is 1.17 bits per heavy atom. The molecule has 1 unspecified atom stereocenters. The van der Waals surface area contributed by atoms with Crippen LogP contribution in [0.2, 0.25) is 0 Å². The number of pyridine rings is 1. The fourth-order valence-corrected chi connectivity index (χ4v) is 4.13. The third-order valence-electron chi connectivity index (χ3n) is 4.41. The zero-order valence-electron chi connectivity index (χ0n) is 15.9. The number of aromatic hydroxyl groups is 1. The highest BCUT2D eigenvalue weighted by atomic mass is 32.2. The highest BCUT2D eigenvalue weighted by Crippen LogP contribution is 2.18. The second-order valence-electron chi connectivity index (χ2n) is 6.60. The number of phenolic OH excluding ortho intramolecular Hbond substituents is 1. The minimum Gasteiger partial charge on any atom is -0.508 e. The van der Waals surface area contributed by atoms with Crippen LogP contribution < -0.4 is 10.0 Å². The maximum atomic E-state index is 13.0. The molecule has 3 N–H and O–H groups in total. The van der Waals surface area contributed by atoms with Gasteiger partial charge in [0.25, 0.3) is 0 Å². The van der Waals surface area contributed by atoms with Gasteiger partial charge in [0.1, 0.15) is 11.8 Å². The smallest absolute Gasteiger partial charge is 0.241 e. The Morgan fingerprint density at radius 3 is 2.67 bits per heavy atom. The molecule has 1 atom stereocenters. The molecule has 0 saturated heterocycles. The van der Waals surface area contributed by atoms with Crippen LogP contribution in [0.25, 0.3) is 10.9 Å². The number of carbonyl (C=O) groups is 1. The third-order valence-corrected chi connectivity index (χ3v) is 5.88. The zero-order chi connectivity index (χ0) is 21.6. The number of sulfonamides is 1. The lowest BCUT2D eigenvalue weighted by molar-refractivity contribution is -0.122. The molecule has 0 bridgehead atoms. The highest BCUT2D eigenvalue weighted by molar-refractivity contribution is 7.89. The Kier molecular flexibility index (Phi) is 6.61. The number of carbonyl (C=O) groups excluding carboxylic acids is 1. The van der Waals surface area contributed by atoms with Crippen molar-refractivity contribution in [2.24, 2.45) is 0 Å². The summed E-state index contributed by atoms with van der Waals surface area (Å²) in [6.07, 6.45) is 1.81. The van der Waals surface area contributed by atoms with Gasteiger partial charge in [-0.15, -0.1) is 0 Å². The number of amides is 1. The minimum absolute atomic E-state index is 0.0172. The van der Waals surface area contributed by atoms with Crippen LogP contribution in [0, 0.1) is 11.3 Å². The van der Waals surface area contributed by atoms with Crippen molar-refractivity contribution in [3.05, 3.63) is 66.4 Å². The lowest BCUT2D eigenvalue weighted by Crippen LogP contribution is -2.48. The van der Waals surface area contributed by atoms with E-state index in [1.54, 1.807) is 36.5 Å². The minimum atomic E-state index is -4.01. The summed E-state index contributed by atoms with van der Waals surface area (Å²) in [6.45, 7) is 0.116. The van der Waals surface area contributed by atoms with E-state index in [0.29, 0.717) is 16.5 Å². The Morgan fingerprint density at radius 2 is 1.93 bits per heavy atom. The summed E-state index contributed by atoms with van der Waals surface area (Å²) in [5.74, 6) is -0.469. The van der Waals surface area contributed by atoms with E-state index in [4.69, 9.17) is 5.26 Å². The van der Waals surface area contributed by atoms with E-state index in [2.05, 4.69) is 15.0 Å². The number of phenols is 1. The maximum Gasteiger partial charge on any atom is 0.241 e. The summed E-state index contributed by atoms with van der Waals surface area (Å²) in [5.41, 5.74) is 1.32. The number of nitrogens with zero attached hydrogens (tertiary/aromatic N) is 2. The molecule has 154 valence electrons. The average molecular weight is 424 g/mol. The van der Waals surface area contributed by atoms with Gasteiger partial charge < -0.3 is 10.4 Å². The lowest BCUT2D eigenvalue weighted by atomic mass is 10.1. The van der Waals surface area contributed by atoms with Crippen LogP contribution in [0.4, 0.5) is 0 Å². The van der Waals surface area contributed by atoms with Gasteiger partial charge in [-0.05, 0) is 48.4 Å². The van der Waals surface area contributed by atoms with Gasteiger partial charge in [-0.3, -0.25) is 9.78 Å². The maximum absolute atomic E-state index is 13.0. The molecule has 0 fully saturated rings. The quantitative estimate of drug-likeness (QED) is 0.473. The standard InChI is InChI=1S/C21H20N4O4S/c22-10-2-12-24-21(27)20(13-15-4-6-17(26)7-5-15)25-30(28,29)18-8-9-19-16(14-18)3-1-11-23-19/h1,3-9,11,14,20,25-26H,2,12-13H2,(H,24,27). The molecule has 9 heteroatoms. The molecule has 3 aromatic rings. The monoisotopic (exact) mass is 424 g/mol. The van der Waals surface area contributed by atoms with Crippen molar-refractivity contribution < 1.29 is 18.3 Å². The summed E-state index contributed by atoms with van der Waals surface area (Å²) < 4.78 is 28.4. The first-order valence-electron chi connectivity index (χ1n) is 9.19. The van der Waals surface area contributed by atoms with Crippen LogP contribution in [-0.2, 0) is 21.2 Å². The third kappa shape index (κ3) is 5.31. The largest absolute Gasteiger partial charge is 0.508 e. The highest BCUT2D eigenvalue weighted by Gasteiger charge is 2.26. The van der Waals surface area contributed by atoms with E-state index in [0.717, 1.165) is 0 Å². The van der Waals surface area contributed by atoms with Crippen LogP contribution in [0.1, 0.15) is 12.0 Å². The molecule has 0 aliphatic rings. The molecule has 3 rings (SSSR count). The molecule has 8 nitrogen and oxygen atoms in total. The van der Waals surface area contributed by atoms with Crippen molar-refractivity contribution in [1.29, 1.82) is 5.26 Å². The summed E-state index contributed by atoms with van der Waals surface area (Å²) in [6, 6.07) is 15.0. The molecule has 0 saturated carbocycles. The van der Waals surface area contributed by atoms with Crippen molar-refractivity contribution in [2.45, 2.75) is 23.8 Å². The van der Waals surface area contributed by atoms with E-state index in [1.807, 2.05) is 6.07 Å². The summed E-state index contributed by atoms with van der Waals surface area (Å²) >= 11 is 0. The van der Waals surface area contributed by atoms with E-state index in [9.17, 15) is 18.3 Å². The van der Waals surface area contributed by atoms with Gasteiger partial charge in [-0.2, -0.15) is 9.98 Å². The summed E-state index contributed by atoms with van der Waals surface area (Å²) in [7, 11) is -4.01. The van der Waals surface area contributed by atoms with Crippen LogP contribution in [-0.4, -0.2) is 37.0 Å². The molecular weight excluding hydrogens is 404 g/mol. The molecule has 1 amide bonds. The van der Waals surface area contributed by atoms with E-state index in [1.165, 1.54) is 24.3 Å². The number of aromatic nitrogens is 1. The second-order valence-corrected chi connectivity index (χ2v) is 8.32. The van der Waals surface area contributed by atoms with E-state index in [-0.39, 0.29) is 30.0 Å². The Bertz CT molecular complexity index is 1190. The van der Waals surface area contributed by atoms with Gasteiger partial charge >= 0.3 is 0 Å². The Labute approximate surface area is 174 Å². The van der Waals surface area contributed by atoms with Crippen molar-refractivity contribution in [2.75, 3.05) is 6.54 Å². The Hall–Kier alpha value is -3.48. The van der Waals surface area contributed by atoms with Crippen LogP contribution in [0.15, 0.2) is 65.7 Å². The number of rotatable bonds is 8. The molecule has 1 heterocycles. The Balaban J connectivity index is 1.86. The van der Waals surface area contributed by atoms with E-state index >= 15 is 0 Å². The van der Waals surface area contributed by atoms with Crippen molar-refractivity contribution in [1.82, 2.24) is 15.0 Å². The van der Waals surface area contributed by atoms with Gasteiger partial charge in [0, 0.05) is 18.1 Å². The first-order valence-corrected chi connectivity index (χ1v) is 10.7. The molecule has 30 heavy (non-hydrogen) atoms. The number of fused-ring (bicyclic) bond motifs is 1. The molecule has 0 aliphatic carbocycles. The van der Waals surface area contributed by atoms with Gasteiger partial charge in [0.15, 0.2) is 0 Å². The normalized spacial score (nSPS) is 12.2. The molecule has 2 aromatic carbocycles. The number of nitriles is 1. The first-order chi connectivity index (χ1) is 14.4. The van der Waals surface area contributed by atoms with Gasteiger partial charge in [0.2, 0.25) is 15.9 Å². The number of hydrogen-bond acceptors (Lipinski definition) is 6. The molecule has 0 radical (unpaired) electrons. The van der Waals surface area contributed by atoms with Crippen LogP contribution in [0.3, 0.4) is 0 Å². The fourth-order valence-electron chi connectivity index (χ4n) is 2.90. The number of hydrogen-bond donors (Lipinski definition) is 3. The molecule has 0 aliphatic heterocycles. The second kappa shape index (κ2) is 9.35. The zero-order valence-corrected chi connectivity index (χ0v) is 16.8. The van der Waals surface area contributed by atoms with Crippen LogP contribution in [0.5, 0.6) is 5.75 Å². The predicted molar refractivity (Wildman–Crippen MR) is 111 cm³/mol. The first kappa shape index (κ1) is 21.2. The van der Waals surface area contributed by atoms with Crippen molar-refractivity contribution in [3.8, 4) is 11.8 Å². The number of nitrogens with one attached hydrogen (secondary N) is 2. The SMILES string of the molecule is N#CCCNC(=O)C(Cc1ccc(O)cc1)NS(=O)(=O)c1ccc2ncccc2c1. The van der Waals surface area contributed by atoms with Gasteiger partial charge in [-0.1, -0.05) is 18.2 Å². The fraction of sp³-hybridized carbons (Fsp3) is 0.190. The van der Waals surface area contributed by atoms with E-state index < -0.39 is 22.0 Å². The lowest BCUT2D eigenvalue weighted by Gasteiger charge is -2.19. The van der Waals surface area contributed by atoms with Gasteiger partial charge in [0.05, 0.1) is 22.9 Å². The summed E-state index contributed by atoms with van der Waals surface area (Å²) in [4.78, 5) is 16.8. The van der Waals surface area contributed by atoms with Crippen molar-refractivity contribution in [3.63, 3.8) is 0 Å². The molecule has 1 aromatic heterocycles. The molecular formula is C21H20N4O4S. The predicted octanol–water partition coefficient (Wildman–Crippen LogP) is 1.86.